The Balaban J connectivity index is 2.28. The molecule has 1 N–H and O–H groups in total. The number of esters is 1. The van der Waals surface area contributed by atoms with Gasteiger partial charge in [0.1, 0.15) is 0 Å². The van der Waals surface area contributed by atoms with Crippen LogP contribution in [0.25, 0.3) is 10.9 Å². The number of anilines is 1. The van der Waals surface area contributed by atoms with E-state index in [4.69, 9.17) is 9.47 Å². The summed E-state index contributed by atoms with van der Waals surface area (Å²) in [7, 11) is 1.66. The molecule has 6 heteroatoms. The first-order valence-electron chi connectivity index (χ1n) is 6.65. The van der Waals surface area contributed by atoms with E-state index < -0.39 is 0 Å². The molecule has 1 heterocycles. The van der Waals surface area contributed by atoms with Gasteiger partial charge in [-0.3, -0.25) is 4.98 Å². The van der Waals surface area contributed by atoms with Gasteiger partial charge in [0.25, 0.3) is 0 Å². The van der Waals surface area contributed by atoms with Crippen LogP contribution in [0.2, 0.25) is 0 Å². The van der Waals surface area contributed by atoms with Crippen molar-refractivity contribution in [2.75, 3.05) is 32.2 Å². The van der Waals surface area contributed by atoms with Gasteiger partial charge in [0.2, 0.25) is 0 Å². The minimum Gasteiger partial charge on any atom is -0.462 e. The molecule has 21 heavy (non-hydrogen) atoms. The Morgan fingerprint density at radius 2 is 2.19 bits per heavy atom. The summed E-state index contributed by atoms with van der Waals surface area (Å²) in [6.07, 6.45) is 1.53. The number of hydrogen-bond acceptors (Lipinski definition) is 5. The summed E-state index contributed by atoms with van der Waals surface area (Å²) in [5, 5.41) is 4.14. The molecule has 2 rings (SSSR count). The second-order valence-electron chi connectivity index (χ2n) is 4.39. The number of pyridine rings is 1. The van der Waals surface area contributed by atoms with Gasteiger partial charge in [0.05, 0.1) is 30.0 Å². The standard InChI is InChI=1S/C15H17BrN2O3/c1-3-21-15(19)11-6-10-7-12(16)14(17-4-5-20-2)8-13(10)18-9-11/h6-9,17H,3-5H2,1-2H3. The normalized spacial score (nSPS) is 10.6. The first kappa shape index (κ1) is 15.7. The number of fused-ring (bicyclic) bond motifs is 1. The van der Waals surface area contributed by atoms with Crippen molar-refractivity contribution in [1.29, 1.82) is 0 Å². The first-order chi connectivity index (χ1) is 10.2. The Kier molecular flexibility index (Phi) is 5.52. The van der Waals surface area contributed by atoms with Gasteiger partial charge in [-0.25, -0.2) is 4.79 Å². The summed E-state index contributed by atoms with van der Waals surface area (Å²) < 4.78 is 10.9. The minimum atomic E-state index is -0.356. The number of carbonyl (C=O) groups excluding carboxylic acids is 1. The summed E-state index contributed by atoms with van der Waals surface area (Å²) in [5.41, 5.74) is 2.21. The molecule has 0 radical (unpaired) electrons. The number of benzene rings is 1. The highest BCUT2D eigenvalue weighted by Gasteiger charge is 2.10. The van der Waals surface area contributed by atoms with Crippen molar-refractivity contribution in [3.8, 4) is 0 Å². The Morgan fingerprint density at radius 1 is 1.38 bits per heavy atom. The lowest BCUT2D eigenvalue weighted by molar-refractivity contribution is 0.0526. The zero-order valence-corrected chi connectivity index (χ0v) is 13.6. The van der Waals surface area contributed by atoms with E-state index in [1.807, 2.05) is 12.1 Å². The number of hydrogen-bond donors (Lipinski definition) is 1. The molecule has 0 atom stereocenters. The number of halogens is 1. The van der Waals surface area contributed by atoms with Crippen molar-refractivity contribution in [2.24, 2.45) is 0 Å². The van der Waals surface area contributed by atoms with E-state index in [1.54, 1.807) is 20.1 Å². The molecule has 0 saturated carbocycles. The summed E-state index contributed by atoms with van der Waals surface area (Å²) in [4.78, 5) is 16.0. The minimum absolute atomic E-state index is 0.350. The molecular formula is C15H17BrN2O3. The maximum atomic E-state index is 11.7. The Hall–Kier alpha value is -1.66. The molecule has 0 unspecified atom stereocenters. The number of nitrogens with zero attached hydrogens (tertiary/aromatic N) is 1. The molecule has 0 spiro atoms. The number of ether oxygens (including phenoxy) is 2. The summed E-state index contributed by atoms with van der Waals surface area (Å²) >= 11 is 3.51. The fourth-order valence-electron chi connectivity index (χ4n) is 1.90. The molecule has 0 aliphatic rings. The lowest BCUT2D eigenvalue weighted by atomic mass is 10.1. The Labute approximate surface area is 131 Å². The molecule has 1 aromatic heterocycles. The third-order valence-corrected chi connectivity index (χ3v) is 3.56. The molecule has 5 nitrogen and oxygen atoms in total. The third-order valence-electron chi connectivity index (χ3n) is 2.90. The average molecular weight is 353 g/mol. The van der Waals surface area contributed by atoms with Gasteiger partial charge in [-0.2, -0.15) is 0 Å². The van der Waals surface area contributed by atoms with Crippen LogP contribution in [0.1, 0.15) is 17.3 Å². The topological polar surface area (TPSA) is 60.5 Å². The van der Waals surface area contributed by atoms with Gasteiger partial charge in [-0.05, 0) is 41.1 Å². The zero-order valence-electron chi connectivity index (χ0n) is 12.0. The summed E-state index contributed by atoms with van der Waals surface area (Å²) in [5.74, 6) is -0.356. The second kappa shape index (κ2) is 7.38. The average Bonchev–Trinajstić information content (AvgIpc) is 2.47. The van der Waals surface area contributed by atoms with Crippen LogP contribution in [0.5, 0.6) is 0 Å². The Bertz CT molecular complexity index is 646. The van der Waals surface area contributed by atoms with E-state index in [1.165, 1.54) is 6.20 Å². The maximum absolute atomic E-state index is 11.7. The molecule has 0 fully saturated rings. The molecule has 112 valence electrons. The maximum Gasteiger partial charge on any atom is 0.339 e. The molecule has 0 aliphatic heterocycles. The van der Waals surface area contributed by atoms with Crippen LogP contribution in [-0.4, -0.2) is 37.8 Å². The van der Waals surface area contributed by atoms with Gasteiger partial charge in [-0.1, -0.05) is 0 Å². The predicted molar refractivity (Wildman–Crippen MR) is 85.8 cm³/mol. The number of rotatable bonds is 6. The van der Waals surface area contributed by atoms with E-state index in [0.717, 1.165) is 21.1 Å². The van der Waals surface area contributed by atoms with Crippen LogP contribution in [0.3, 0.4) is 0 Å². The van der Waals surface area contributed by atoms with Gasteiger partial charge in [0, 0.05) is 29.7 Å². The smallest absolute Gasteiger partial charge is 0.339 e. The molecule has 2 aromatic rings. The van der Waals surface area contributed by atoms with E-state index in [2.05, 4.69) is 26.2 Å². The molecule has 0 saturated heterocycles. The highest BCUT2D eigenvalue weighted by Crippen LogP contribution is 2.28. The van der Waals surface area contributed by atoms with E-state index in [9.17, 15) is 4.79 Å². The monoisotopic (exact) mass is 352 g/mol. The van der Waals surface area contributed by atoms with E-state index in [-0.39, 0.29) is 5.97 Å². The van der Waals surface area contributed by atoms with Crippen molar-refractivity contribution in [3.05, 3.63) is 34.4 Å². The van der Waals surface area contributed by atoms with Crippen LogP contribution in [0.4, 0.5) is 5.69 Å². The summed E-state index contributed by atoms with van der Waals surface area (Å²) in [6.45, 7) is 3.46. The van der Waals surface area contributed by atoms with E-state index >= 15 is 0 Å². The van der Waals surface area contributed by atoms with Crippen molar-refractivity contribution < 1.29 is 14.3 Å². The van der Waals surface area contributed by atoms with Crippen LogP contribution in [0.15, 0.2) is 28.9 Å². The lowest BCUT2D eigenvalue weighted by Gasteiger charge is -2.10. The number of nitrogens with one attached hydrogen (secondary N) is 1. The predicted octanol–water partition coefficient (Wildman–Crippen LogP) is 3.23. The fourth-order valence-corrected chi connectivity index (χ4v) is 2.40. The highest BCUT2D eigenvalue weighted by atomic mass is 79.9. The Morgan fingerprint density at radius 3 is 2.90 bits per heavy atom. The van der Waals surface area contributed by atoms with Crippen LogP contribution >= 0.6 is 15.9 Å². The van der Waals surface area contributed by atoms with Crippen LogP contribution in [-0.2, 0) is 9.47 Å². The third kappa shape index (κ3) is 3.92. The summed E-state index contributed by atoms with van der Waals surface area (Å²) in [6, 6.07) is 5.65. The quantitative estimate of drug-likeness (QED) is 0.638. The number of methoxy groups -OCH3 is 1. The van der Waals surface area contributed by atoms with Crippen molar-refractivity contribution in [3.63, 3.8) is 0 Å². The fraction of sp³-hybridized carbons (Fsp3) is 0.333. The number of carbonyl (C=O) groups is 1. The largest absolute Gasteiger partial charge is 0.462 e. The van der Waals surface area contributed by atoms with Gasteiger partial charge in [0.15, 0.2) is 0 Å². The van der Waals surface area contributed by atoms with Gasteiger partial charge < -0.3 is 14.8 Å². The molecular weight excluding hydrogens is 336 g/mol. The van der Waals surface area contributed by atoms with E-state index in [0.29, 0.717) is 25.3 Å². The molecule has 0 amide bonds. The van der Waals surface area contributed by atoms with Crippen LogP contribution in [0, 0.1) is 0 Å². The van der Waals surface area contributed by atoms with Crippen molar-refractivity contribution in [1.82, 2.24) is 4.98 Å². The highest BCUT2D eigenvalue weighted by molar-refractivity contribution is 9.10. The first-order valence-corrected chi connectivity index (χ1v) is 7.44. The van der Waals surface area contributed by atoms with Crippen molar-refractivity contribution in [2.45, 2.75) is 6.92 Å². The van der Waals surface area contributed by atoms with Crippen molar-refractivity contribution >= 4 is 38.5 Å². The zero-order chi connectivity index (χ0) is 15.2. The molecule has 0 bridgehead atoms. The lowest BCUT2D eigenvalue weighted by Crippen LogP contribution is -2.08. The SMILES string of the molecule is CCOC(=O)c1cnc2cc(NCCOC)c(Br)cc2c1. The molecule has 1 aromatic carbocycles. The van der Waals surface area contributed by atoms with Gasteiger partial charge >= 0.3 is 5.97 Å². The molecule has 0 aliphatic carbocycles. The number of aromatic nitrogens is 1. The van der Waals surface area contributed by atoms with Gasteiger partial charge in [-0.15, -0.1) is 0 Å². The second-order valence-corrected chi connectivity index (χ2v) is 5.24. The van der Waals surface area contributed by atoms with Crippen LogP contribution < -0.4 is 5.32 Å².